The largest absolute Gasteiger partial charge is 0.355 e. The van der Waals surface area contributed by atoms with Crippen LogP contribution < -0.4 is 15.6 Å². The molecule has 9 heteroatoms. The van der Waals surface area contributed by atoms with Crippen LogP contribution in [0.25, 0.3) is 10.9 Å². The standard InChI is InChI=1S/C15H20N4O4S/c1-24(22,23)18-9-8-16-14(20)7-4-10-19-11-17-13-6-3-2-5-12(13)15(19)21/h2-3,5-6,11,18H,4,7-10H2,1H3,(H,16,20). The highest BCUT2D eigenvalue weighted by atomic mass is 32.2. The van der Waals surface area contributed by atoms with Crippen LogP contribution in [0.15, 0.2) is 35.4 Å². The number of hydrogen-bond donors (Lipinski definition) is 2. The molecule has 24 heavy (non-hydrogen) atoms. The molecule has 0 bridgehead atoms. The number of carbonyl (C=O) groups excluding carboxylic acids is 1. The van der Waals surface area contributed by atoms with E-state index in [0.29, 0.717) is 23.9 Å². The van der Waals surface area contributed by atoms with Crippen molar-refractivity contribution in [3.8, 4) is 0 Å². The second-order valence-corrected chi connectivity index (χ2v) is 7.21. The minimum absolute atomic E-state index is 0.127. The summed E-state index contributed by atoms with van der Waals surface area (Å²) in [6.07, 6.45) is 3.28. The van der Waals surface area contributed by atoms with Crippen LogP contribution in [-0.2, 0) is 21.4 Å². The first-order valence-corrected chi connectivity index (χ1v) is 9.41. The molecule has 1 amide bonds. The molecular weight excluding hydrogens is 332 g/mol. The van der Waals surface area contributed by atoms with Crippen LogP contribution in [0.2, 0.25) is 0 Å². The van der Waals surface area contributed by atoms with Gasteiger partial charge in [-0.05, 0) is 18.6 Å². The summed E-state index contributed by atoms with van der Waals surface area (Å²) < 4.78 is 25.5. The molecule has 2 aromatic rings. The van der Waals surface area contributed by atoms with Crippen molar-refractivity contribution in [2.45, 2.75) is 19.4 Å². The lowest BCUT2D eigenvalue weighted by Crippen LogP contribution is -2.34. The molecule has 1 aromatic heterocycles. The van der Waals surface area contributed by atoms with Gasteiger partial charge in [0.1, 0.15) is 0 Å². The highest BCUT2D eigenvalue weighted by Crippen LogP contribution is 2.05. The Kier molecular flexibility index (Phi) is 6.04. The number of para-hydroxylation sites is 1. The predicted octanol–water partition coefficient (Wildman–Crippen LogP) is -0.158. The minimum Gasteiger partial charge on any atom is -0.355 e. The van der Waals surface area contributed by atoms with Crippen molar-refractivity contribution < 1.29 is 13.2 Å². The first-order valence-electron chi connectivity index (χ1n) is 7.52. The monoisotopic (exact) mass is 352 g/mol. The quantitative estimate of drug-likeness (QED) is 0.642. The minimum atomic E-state index is -3.24. The fraction of sp³-hybridized carbons (Fsp3) is 0.400. The van der Waals surface area contributed by atoms with Gasteiger partial charge in [0.2, 0.25) is 15.9 Å². The predicted molar refractivity (Wildman–Crippen MR) is 91.1 cm³/mol. The number of carbonyl (C=O) groups is 1. The Morgan fingerprint density at radius 2 is 2.00 bits per heavy atom. The maximum atomic E-state index is 12.3. The molecule has 0 aliphatic rings. The fourth-order valence-electron chi connectivity index (χ4n) is 2.20. The molecule has 0 aliphatic heterocycles. The third-order valence-corrected chi connectivity index (χ3v) is 4.07. The number of sulfonamides is 1. The smallest absolute Gasteiger partial charge is 0.261 e. The topological polar surface area (TPSA) is 110 Å². The number of benzene rings is 1. The van der Waals surface area contributed by atoms with Gasteiger partial charge in [0, 0.05) is 26.1 Å². The van der Waals surface area contributed by atoms with Crippen LogP contribution in [0.1, 0.15) is 12.8 Å². The normalized spacial score (nSPS) is 11.5. The third-order valence-electron chi connectivity index (χ3n) is 3.35. The van der Waals surface area contributed by atoms with Gasteiger partial charge in [-0.2, -0.15) is 0 Å². The molecule has 130 valence electrons. The molecule has 0 unspecified atom stereocenters. The van der Waals surface area contributed by atoms with Crippen LogP contribution in [-0.4, -0.2) is 43.2 Å². The van der Waals surface area contributed by atoms with E-state index >= 15 is 0 Å². The van der Waals surface area contributed by atoms with Gasteiger partial charge in [0.15, 0.2) is 0 Å². The summed E-state index contributed by atoms with van der Waals surface area (Å²) in [7, 11) is -3.24. The van der Waals surface area contributed by atoms with Crippen LogP contribution in [0.4, 0.5) is 0 Å². The summed E-state index contributed by atoms with van der Waals surface area (Å²) in [6, 6.07) is 7.11. The van der Waals surface area contributed by atoms with E-state index in [2.05, 4.69) is 15.0 Å². The van der Waals surface area contributed by atoms with E-state index in [-0.39, 0.29) is 31.0 Å². The van der Waals surface area contributed by atoms with E-state index in [9.17, 15) is 18.0 Å². The van der Waals surface area contributed by atoms with Crippen molar-refractivity contribution in [3.63, 3.8) is 0 Å². The lowest BCUT2D eigenvalue weighted by molar-refractivity contribution is -0.121. The van der Waals surface area contributed by atoms with Crippen molar-refractivity contribution in [2.24, 2.45) is 0 Å². The fourth-order valence-corrected chi connectivity index (χ4v) is 2.67. The molecule has 0 atom stereocenters. The van der Waals surface area contributed by atoms with Gasteiger partial charge in [0.05, 0.1) is 23.5 Å². The maximum absolute atomic E-state index is 12.3. The second-order valence-electron chi connectivity index (χ2n) is 5.38. The Hall–Kier alpha value is -2.26. The van der Waals surface area contributed by atoms with E-state index in [1.807, 2.05) is 6.07 Å². The summed E-state index contributed by atoms with van der Waals surface area (Å²) in [4.78, 5) is 28.2. The van der Waals surface area contributed by atoms with E-state index in [4.69, 9.17) is 0 Å². The van der Waals surface area contributed by atoms with Gasteiger partial charge in [-0.1, -0.05) is 12.1 Å². The Morgan fingerprint density at radius 1 is 1.25 bits per heavy atom. The van der Waals surface area contributed by atoms with Gasteiger partial charge in [-0.25, -0.2) is 18.1 Å². The van der Waals surface area contributed by atoms with Crippen molar-refractivity contribution in [2.75, 3.05) is 19.3 Å². The number of hydrogen-bond acceptors (Lipinski definition) is 5. The zero-order valence-electron chi connectivity index (χ0n) is 13.4. The van der Waals surface area contributed by atoms with Gasteiger partial charge >= 0.3 is 0 Å². The van der Waals surface area contributed by atoms with Crippen LogP contribution in [0.5, 0.6) is 0 Å². The van der Waals surface area contributed by atoms with Gasteiger partial charge in [0.25, 0.3) is 5.56 Å². The third kappa shape index (κ3) is 5.43. The molecule has 2 N–H and O–H groups in total. The number of nitrogens with zero attached hydrogens (tertiary/aromatic N) is 2. The van der Waals surface area contributed by atoms with Gasteiger partial charge in [-0.15, -0.1) is 0 Å². The number of aromatic nitrogens is 2. The van der Waals surface area contributed by atoms with Crippen molar-refractivity contribution in [1.29, 1.82) is 0 Å². The number of rotatable bonds is 8. The Bertz CT molecular complexity index is 876. The summed E-state index contributed by atoms with van der Waals surface area (Å²) in [5.74, 6) is -0.188. The number of nitrogens with one attached hydrogen (secondary N) is 2. The maximum Gasteiger partial charge on any atom is 0.261 e. The van der Waals surface area contributed by atoms with Crippen LogP contribution in [0.3, 0.4) is 0 Å². The average Bonchev–Trinajstić information content (AvgIpc) is 2.53. The molecule has 0 saturated heterocycles. The zero-order chi connectivity index (χ0) is 17.6. The number of fused-ring (bicyclic) bond motifs is 1. The number of amides is 1. The summed E-state index contributed by atoms with van der Waals surface area (Å²) in [5.41, 5.74) is 0.522. The molecule has 0 saturated carbocycles. The second kappa shape index (κ2) is 8.02. The Labute approximate surface area is 140 Å². The molecule has 2 rings (SSSR count). The molecule has 0 spiro atoms. The highest BCUT2D eigenvalue weighted by molar-refractivity contribution is 7.88. The van der Waals surface area contributed by atoms with Gasteiger partial charge in [-0.3, -0.25) is 14.2 Å². The molecule has 1 heterocycles. The molecule has 0 aliphatic carbocycles. The lowest BCUT2D eigenvalue weighted by Gasteiger charge is -2.07. The SMILES string of the molecule is CS(=O)(=O)NCCNC(=O)CCCn1cnc2ccccc2c1=O. The Morgan fingerprint density at radius 3 is 2.75 bits per heavy atom. The molecular formula is C15H20N4O4S. The van der Waals surface area contributed by atoms with Crippen LogP contribution in [0, 0.1) is 0 Å². The molecule has 8 nitrogen and oxygen atoms in total. The molecule has 0 fully saturated rings. The molecule has 1 aromatic carbocycles. The van der Waals surface area contributed by atoms with E-state index < -0.39 is 10.0 Å². The first kappa shape index (κ1) is 18.1. The molecule has 0 radical (unpaired) electrons. The number of aryl methyl sites for hydroxylation is 1. The first-order chi connectivity index (χ1) is 11.4. The Balaban J connectivity index is 1.79. The van der Waals surface area contributed by atoms with Crippen molar-refractivity contribution in [3.05, 3.63) is 40.9 Å². The summed E-state index contributed by atoms with van der Waals surface area (Å²) >= 11 is 0. The van der Waals surface area contributed by atoms with Crippen molar-refractivity contribution in [1.82, 2.24) is 19.6 Å². The average molecular weight is 352 g/mol. The highest BCUT2D eigenvalue weighted by Gasteiger charge is 2.05. The van der Waals surface area contributed by atoms with E-state index in [1.165, 1.54) is 10.9 Å². The summed E-state index contributed by atoms with van der Waals surface area (Å²) in [5, 5.41) is 3.17. The van der Waals surface area contributed by atoms with Gasteiger partial charge < -0.3 is 5.32 Å². The van der Waals surface area contributed by atoms with E-state index in [0.717, 1.165) is 6.26 Å². The van der Waals surface area contributed by atoms with Crippen LogP contribution >= 0.6 is 0 Å². The summed E-state index contributed by atoms with van der Waals surface area (Å²) in [6.45, 7) is 0.772. The lowest BCUT2D eigenvalue weighted by atomic mass is 10.2. The zero-order valence-corrected chi connectivity index (χ0v) is 14.2. The van der Waals surface area contributed by atoms with E-state index in [1.54, 1.807) is 18.2 Å². The van der Waals surface area contributed by atoms with Crippen molar-refractivity contribution >= 4 is 26.8 Å².